The maximum absolute atomic E-state index is 8.77. The topological polar surface area (TPSA) is 70.8 Å². The van der Waals surface area contributed by atoms with Gasteiger partial charge in [-0.2, -0.15) is 5.26 Å². The second-order valence-electron chi connectivity index (χ2n) is 4.28. The van der Waals surface area contributed by atoms with E-state index in [-0.39, 0.29) is 0 Å². The molecule has 0 aliphatic heterocycles. The second kappa shape index (κ2) is 5.60. The molecule has 0 amide bonds. The molecule has 0 unspecified atom stereocenters. The Labute approximate surface area is 101 Å². The van der Waals surface area contributed by atoms with Crippen molar-refractivity contribution in [1.82, 2.24) is 9.97 Å². The number of hydrogen-bond donors (Lipinski definition) is 1. The first-order valence-electron chi connectivity index (χ1n) is 5.85. The Kier molecular flexibility index (Phi) is 3.89. The summed E-state index contributed by atoms with van der Waals surface area (Å²) in [5, 5.41) is 11.8. The number of anilines is 1. The van der Waals surface area contributed by atoms with Gasteiger partial charge in [-0.25, -0.2) is 9.97 Å². The van der Waals surface area contributed by atoms with Crippen molar-refractivity contribution in [3.8, 4) is 6.07 Å². The number of nitriles is 1. The maximum Gasteiger partial charge on any atom is 0.224 e. The zero-order valence-electron chi connectivity index (χ0n) is 9.94. The number of aromatic nitrogens is 2. The molecule has 0 radical (unpaired) electrons. The predicted octanol–water partition coefficient (Wildman–Crippen LogP) is 1.50. The zero-order valence-corrected chi connectivity index (χ0v) is 9.94. The third kappa shape index (κ3) is 4.00. The van der Waals surface area contributed by atoms with Crippen molar-refractivity contribution in [2.45, 2.75) is 19.8 Å². The third-order valence-corrected chi connectivity index (χ3v) is 2.55. The van der Waals surface area contributed by atoms with Crippen LogP contribution in [-0.2, 0) is 4.74 Å². The molecule has 17 heavy (non-hydrogen) atoms. The van der Waals surface area contributed by atoms with Crippen LogP contribution in [0.25, 0.3) is 0 Å². The van der Waals surface area contributed by atoms with Gasteiger partial charge >= 0.3 is 0 Å². The van der Waals surface area contributed by atoms with Crippen molar-refractivity contribution in [2.75, 3.05) is 25.1 Å². The summed E-state index contributed by atoms with van der Waals surface area (Å²) in [6.45, 7) is 4.02. The van der Waals surface area contributed by atoms with E-state index in [2.05, 4.69) is 15.3 Å². The number of hydrogen-bond acceptors (Lipinski definition) is 5. The molecule has 5 nitrogen and oxygen atoms in total. The third-order valence-electron chi connectivity index (χ3n) is 2.55. The fraction of sp³-hybridized carbons (Fsp3) is 0.583. The van der Waals surface area contributed by atoms with Crippen LogP contribution in [0.15, 0.2) is 6.07 Å². The smallest absolute Gasteiger partial charge is 0.224 e. The fourth-order valence-corrected chi connectivity index (χ4v) is 1.47. The fourth-order valence-electron chi connectivity index (χ4n) is 1.47. The molecule has 1 saturated carbocycles. The van der Waals surface area contributed by atoms with Crippen molar-refractivity contribution in [2.24, 2.45) is 5.92 Å². The van der Waals surface area contributed by atoms with Gasteiger partial charge in [-0.1, -0.05) is 0 Å². The Morgan fingerprint density at radius 2 is 2.35 bits per heavy atom. The van der Waals surface area contributed by atoms with E-state index in [9.17, 15) is 0 Å². The summed E-state index contributed by atoms with van der Waals surface area (Å²) in [4.78, 5) is 8.26. The van der Waals surface area contributed by atoms with Gasteiger partial charge < -0.3 is 10.1 Å². The normalized spacial score (nSPS) is 14.4. The van der Waals surface area contributed by atoms with Crippen LogP contribution in [0.2, 0.25) is 0 Å². The van der Waals surface area contributed by atoms with Gasteiger partial charge in [0.15, 0.2) is 0 Å². The van der Waals surface area contributed by atoms with Crippen LogP contribution in [0.3, 0.4) is 0 Å². The molecule has 1 aliphatic carbocycles. The highest BCUT2D eigenvalue weighted by Gasteiger charge is 2.20. The van der Waals surface area contributed by atoms with Crippen molar-refractivity contribution in [1.29, 1.82) is 5.26 Å². The average Bonchev–Trinajstić information content (AvgIpc) is 3.12. The molecule has 0 spiro atoms. The van der Waals surface area contributed by atoms with Gasteiger partial charge in [0, 0.05) is 18.8 Å². The van der Waals surface area contributed by atoms with Crippen molar-refractivity contribution in [3.63, 3.8) is 0 Å². The minimum atomic E-state index is 0.388. The molecular weight excluding hydrogens is 216 g/mol. The van der Waals surface area contributed by atoms with E-state index >= 15 is 0 Å². The summed E-state index contributed by atoms with van der Waals surface area (Å²) in [6.07, 6.45) is 2.61. The van der Waals surface area contributed by atoms with Crippen molar-refractivity contribution < 1.29 is 4.74 Å². The van der Waals surface area contributed by atoms with Gasteiger partial charge in [-0.05, 0) is 31.7 Å². The van der Waals surface area contributed by atoms with Crippen molar-refractivity contribution >= 4 is 5.95 Å². The predicted molar refractivity (Wildman–Crippen MR) is 63.5 cm³/mol. The van der Waals surface area contributed by atoms with Crippen LogP contribution in [-0.4, -0.2) is 29.7 Å². The van der Waals surface area contributed by atoms with Crippen LogP contribution in [0.5, 0.6) is 0 Å². The van der Waals surface area contributed by atoms with Gasteiger partial charge in [0.1, 0.15) is 11.8 Å². The molecule has 0 saturated heterocycles. The SMILES string of the molecule is Cc1cc(C#N)nc(NCCOCC2CC2)n1. The summed E-state index contributed by atoms with van der Waals surface area (Å²) >= 11 is 0. The van der Waals surface area contributed by atoms with Crippen LogP contribution >= 0.6 is 0 Å². The molecule has 2 rings (SSSR count). The first-order chi connectivity index (χ1) is 8.28. The van der Waals surface area contributed by atoms with E-state index in [0.29, 0.717) is 24.8 Å². The van der Waals surface area contributed by atoms with Crippen LogP contribution < -0.4 is 5.32 Å². The van der Waals surface area contributed by atoms with E-state index in [1.165, 1.54) is 12.8 Å². The summed E-state index contributed by atoms with van der Waals surface area (Å²) in [7, 11) is 0. The molecule has 90 valence electrons. The molecule has 0 bridgehead atoms. The van der Waals surface area contributed by atoms with E-state index in [1.807, 2.05) is 13.0 Å². The highest BCUT2D eigenvalue weighted by molar-refractivity contribution is 5.32. The lowest BCUT2D eigenvalue weighted by Gasteiger charge is -2.06. The van der Waals surface area contributed by atoms with Gasteiger partial charge in [-0.3, -0.25) is 0 Å². The van der Waals surface area contributed by atoms with E-state index in [4.69, 9.17) is 10.00 Å². The Balaban J connectivity index is 1.73. The largest absolute Gasteiger partial charge is 0.379 e. The van der Waals surface area contributed by atoms with Gasteiger partial charge in [0.25, 0.3) is 0 Å². The molecule has 1 aromatic rings. The number of nitrogens with one attached hydrogen (secondary N) is 1. The summed E-state index contributed by atoms with van der Waals surface area (Å²) < 4.78 is 5.48. The van der Waals surface area contributed by atoms with Crippen molar-refractivity contribution in [3.05, 3.63) is 17.5 Å². The van der Waals surface area contributed by atoms with E-state index in [1.54, 1.807) is 6.07 Å². The second-order valence-corrected chi connectivity index (χ2v) is 4.28. The Hall–Kier alpha value is -1.67. The first-order valence-corrected chi connectivity index (χ1v) is 5.85. The van der Waals surface area contributed by atoms with Gasteiger partial charge in [-0.15, -0.1) is 0 Å². The minimum Gasteiger partial charge on any atom is -0.379 e. The molecule has 1 fully saturated rings. The molecule has 0 atom stereocenters. The number of ether oxygens (including phenoxy) is 1. The molecule has 1 heterocycles. The van der Waals surface area contributed by atoms with Crippen LogP contribution in [0.1, 0.15) is 24.2 Å². The number of nitrogens with zero attached hydrogens (tertiary/aromatic N) is 3. The molecule has 0 aromatic carbocycles. The Morgan fingerprint density at radius 1 is 1.53 bits per heavy atom. The number of aryl methyl sites for hydroxylation is 1. The minimum absolute atomic E-state index is 0.388. The molecule has 1 aliphatic rings. The summed E-state index contributed by atoms with van der Waals surface area (Å²) in [6, 6.07) is 3.67. The monoisotopic (exact) mass is 232 g/mol. The molecule has 1 aromatic heterocycles. The Morgan fingerprint density at radius 3 is 3.06 bits per heavy atom. The zero-order chi connectivity index (χ0) is 12.1. The first kappa shape index (κ1) is 11.8. The van der Waals surface area contributed by atoms with Crippen LogP contribution in [0, 0.1) is 24.2 Å². The van der Waals surface area contributed by atoms with Gasteiger partial charge in [0.05, 0.1) is 6.61 Å². The summed E-state index contributed by atoms with van der Waals surface area (Å²) in [5.74, 6) is 1.28. The average molecular weight is 232 g/mol. The van der Waals surface area contributed by atoms with E-state index < -0.39 is 0 Å². The van der Waals surface area contributed by atoms with Crippen LogP contribution in [0.4, 0.5) is 5.95 Å². The standard InChI is InChI=1S/C12H16N4O/c1-9-6-11(7-13)16-12(15-9)14-4-5-17-8-10-2-3-10/h6,10H,2-5,8H2,1H3,(H,14,15,16). The lowest BCUT2D eigenvalue weighted by Crippen LogP contribution is -2.13. The molecule has 1 N–H and O–H groups in total. The highest BCUT2D eigenvalue weighted by Crippen LogP contribution is 2.28. The lowest BCUT2D eigenvalue weighted by atomic mass is 10.3. The number of rotatable bonds is 6. The lowest BCUT2D eigenvalue weighted by molar-refractivity contribution is 0.133. The molecular formula is C12H16N4O. The molecule has 5 heteroatoms. The quantitative estimate of drug-likeness (QED) is 0.752. The maximum atomic E-state index is 8.77. The highest BCUT2D eigenvalue weighted by atomic mass is 16.5. The van der Waals surface area contributed by atoms with E-state index in [0.717, 1.165) is 18.2 Å². The summed E-state index contributed by atoms with van der Waals surface area (Å²) in [5.41, 5.74) is 1.18. The Bertz CT molecular complexity index is 423. The van der Waals surface area contributed by atoms with Gasteiger partial charge in [0.2, 0.25) is 5.95 Å².